The van der Waals surface area contributed by atoms with Crippen LogP contribution < -0.4 is 10.1 Å². The molecule has 1 aromatic carbocycles. The summed E-state index contributed by atoms with van der Waals surface area (Å²) in [6.07, 6.45) is 0. The van der Waals surface area contributed by atoms with Gasteiger partial charge in [0.2, 0.25) is 5.91 Å². The first-order valence-corrected chi connectivity index (χ1v) is 11.0. The molecule has 0 aliphatic carbocycles. The summed E-state index contributed by atoms with van der Waals surface area (Å²) < 4.78 is 7.95. The highest BCUT2D eigenvalue weighted by molar-refractivity contribution is 7.71. The lowest BCUT2D eigenvalue weighted by atomic mass is 10.2. The van der Waals surface area contributed by atoms with Crippen molar-refractivity contribution in [3.8, 4) is 16.5 Å². The topological polar surface area (TPSA) is 84.8 Å². The van der Waals surface area contributed by atoms with Crippen LogP contribution in [0.5, 0.6) is 5.75 Å². The molecule has 4 rings (SSSR count). The summed E-state index contributed by atoms with van der Waals surface area (Å²) in [4.78, 5) is 18.1. The van der Waals surface area contributed by atoms with Gasteiger partial charge >= 0.3 is 0 Å². The number of carbonyl (C=O) groups excluding carboxylic acids is 1. The molecule has 0 aliphatic heterocycles. The van der Waals surface area contributed by atoms with Crippen LogP contribution in [0.1, 0.15) is 18.7 Å². The number of thiophene rings is 1. The number of hydrogen-bond acceptors (Lipinski definition) is 7. The molecule has 2 N–H and O–H groups in total. The molecule has 0 fully saturated rings. The lowest BCUT2D eigenvalue weighted by molar-refractivity contribution is -0.118. The molecule has 0 radical (unpaired) electrons. The monoisotopic (exact) mass is 443 g/mol. The minimum atomic E-state index is -0.565. The van der Waals surface area contributed by atoms with Crippen molar-refractivity contribution in [1.82, 2.24) is 19.7 Å². The molecule has 0 spiro atoms. The molecule has 1 amide bonds. The van der Waals surface area contributed by atoms with Gasteiger partial charge in [-0.25, -0.2) is 4.98 Å². The molecule has 3 heterocycles. The Morgan fingerprint density at radius 1 is 1.34 bits per heavy atom. The molecule has 1 unspecified atom stereocenters. The molecule has 4 aromatic rings. The lowest BCUT2D eigenvalue weighted by Gasteiger charge is -2.17. The number of benzene rings is 1. The number of carbonyl (C=O) groups is 1. The average molecular weight is 444 g/mol. The van der Waals surface area contributed by atoms with Gasteiger partial charge in [-0.05, 0) is 42.7 Å². The number of H-pyrrole nitrogens is 1. The second kappa shape index (κ2) is 8.68. The third-order valence-electron chi connectivity index (χ3n) is 4.22. The van der Waals surface area contributed by atoms with E-state index >= 15 is 0 Å². The van der Waals surface area contributed by atoms with Crippen LogP contribution in [-0.4, -0.2) is 25.7 Å². The van der Waals surface area contributed by atoms with Gasteiger partial charge < -0.3 is 10.1 Å². The molecule has 0 saturated heterocycles. The molecular weight excluding hydrogens is 426 g/mol. The maximum atomic E-state index is 13.0. The number of hydrogen-bond donors (Lipinski definition) is 2. The molecule has 148 valence electrons. The predicted molar refractivity (Wildman–Crippen MR) is 117 cm³/mol. The van der Waals surface area contributed by atoms with Gasteiger partial charge in [-0.15, -0.1) is 22.7 Å². The fourth-order valence-corrected chi connectivity index (χ4v) is 4.30. The Kier molecular flexibility index (Phi) is 5.84. The highest BCUT2D eigenvalue weighted by Gasteiger charge is 2.22. The first-order chi connectivity index (χ1) is 14.1. The molecule has 7 nitrogen and oxygen atoms in total. The summed E-state index contributed by atoms with van der Waals surface area (Å²) in [6, 6.07) is 10.6. The van der Waals surface area contributed by atoms with Crippen LogP contribution in [0.15, 0.2) is 52.7 Å². The number of ether oxygens (including phenoxy) is 1. The number of para-hydroxylation sites is 2. The normalized spacial score (nSPS) is 11.9. The number of nitrogens with zero attached hydrogens (tertiary/aromatic N) is 3. The number of aromatic amines is 1. The van der Waals surface area contributed by atoms with Crippen molar-refractivity contribution < 1.29 is 9.53 Å². The van der Waals surface area contributed by atoms with Gasteiger partial charge in [0.15, 0.2) is 10.6 Å². The van der Waals surface area contributed by atoms with Gasteiger partial charge in [0, 0.05) is 5.38 Å². The van der Waals surface area contributed by atoms with Crippen LogP contribution in [0.25, 0.3) is 10.7 Å². The summed E-state index contributed by atoms with van der Waals surface area (Å²) in [7, 11) is 0. The molecule has 0 bridgehead atoms. The van der Waals surface area contributed by atoms with Crippen molar-refractivity contribution in [3.63, 3.8) is 0 Å². The van der Waals surface area contributed by atoms with Crippen LogP contribution >= 0.6 is 34.9 Å². The van der Waals surface area contributed by atoms with E-state index in [1.807, 2.05) is 41.1 Å². The van der Waals surface area contributed by atoms with E-state index in [2.05, 4.69) is 20.5 Å². The number of thiazole rings is 1. The Balaban J connectivity index is 1.53. The lowest BCUT2D eigenvalue weighted by Crippen LogP contribution is -2.24. The molecular formula is C19H17N5O2S3. The van der Waals surface area contributed by atoms with Crippen LogP contribution in [0.4, 0.5) is 5.69 Å². The fraction of sp³-hybridized carbons (Fsp3) is 0.158. The van der Waals surface area contributed by atoms with Crippen molar-refractivity contribution >= 4 is 46.5 Å². The summed E-state index contributed by atoms with van der Waals surface area (Å²) >= 11 is 8.41. The van der Waals surface area contributed by atoms with Gasteiger partial charge in [-0.3, -0.25) is 14.5 Å². The Hall–Kier alpha value is -2.82. The van der Waals surface area contributed by atoms with Gasteiger partial charge in [0.1, 0.15) is 18.4 Å². The molecule has 0 aliphatic rings. The van der Waals surface area contributed by atoms with E-state index in [1.165, 1.54) is 22.7 Å². The van der Waals surface area contributed by atoms with Crippen LogP contribution in [-0.2, 0) is 11.4 Å². The predicted octanol–water partition coefficient (Wildman–Crippen LogP) is 4.90. The zero-order valence-electron chi connectivity index (χ0n) is 15.4. The Labute approximate surface area is 180 Å². The molecule has 29 heavy (non-hydrogen) atoms. The van der Waals surface area contributed by atoms with Crippen molar-refractivity contribution in [2.45, 2.75) is 19.6 Å². The van der Waals surface area contributed by atoms with Crippen LogP contribution in [0, 0.1) is 4.77 Å². The van der Waals surface area contributed by atoms with E-state index < -0.39 is 6.04 Å². The summed E-state index contributed by atoms with van der Waals surface area (Å²) in [5, 5.41) is 13.9. The highest BCUT2D eigenvalue weighted by Crippen LogP contribution is 2.28. The van der Waals surface area contributed by atoms with Crippen molar-refractivity contribution in [3.05, 3.63) is 63.1 Å². The Morgan fingerprint density at radius 3 is 2.97 bits per heavy atom. The van der Waals surface area contributed by atoms with E-state index in [4.69, 9.17) is 17.0 Å². The standard InChI is InChI=1S/C19H17N5O2S3/c1-12(24-17(22-23-19(24)27)16-7-4-8-29-16)18(25)21-14-5-2-3-6-15(14)26-9-13-10-28-11-20-13/h2-8,10-12H,9H2,1H3,(H,21,25)(H,23,27). The molecule has 1 atom stereocenters. The Morgan fingerprint density at radius 2 is 2.21 bits per heavy atom. The van der Waals surface area contributed by atoms with Crippen molar-refractivity contribution in [2.75, 3.05) is 5.32 Å². The van der Waals surface area contributed by atoms with Gasteiger partial charge in [-0.2, -0.15) is 5.10 Å². The fourth-order valence-electron chi connectivity index (χ4n) is 2.75. The second-order valence-electron chi connectivity index (χ2n) is 6.13. The minimum Gasteiger partial charge on any atom is -0.485 e. The molecule has 3 aromatic heterocycles. The summed E-state index contributed by atoms with van der Waals surface area (Å²) in [5.41, 5.74) is 3.19. The number of rotatable bonds is 7. The second-order valence-corrected chi connectivity index (χ2v) is 8.18. The first kappa shape index (κ1) is 19.5. The number of anilines is 1. The van der Waals surface area contributed by atoms with Crippen molar-refractivity contribution in [1.29, 1.82) is 0 Å². The van der Waals surface area contributed by atoms with Crippen LogP contribution in [0.3, 0.4) is 0 Å². The van der Waals surface area contributed by atoms with E-state index in [9.17, 15) is 4.79 Å². The third kappa shape index (κ3) is 4.29. The van der Waals surface area contributed by atoms with Gasteiger partial charge in [0.05, 0.1) is 21.8 Å². The zero-order valence-corrected chi connectivity index (χ0v) is 17.8. The smallest absolute Gasteiger partial charge is 0.247 e. The summed E-state index contributed by atoms with van der Waals surface area (Å²) in [5.74, 6) is 1.00. The van der Waals surface area contributed by atoms with Crippen molar-refractivity contribution in [2.24, 2.45) is 0 Å². The largest absolute Gasteiger partial charge is 0.485 e. The SMILES string of the molecule is CC(C(=O)Nc1ccccc1OCc1cscn1)n1c(-c2cccs2)n[nH]c1=S. The average Bonchev–Trinajstić information content (AvgIpc) is 3.48. The Bertz CT molecular complexity index is 1150. The first-order valence-electron chi connectivity index (χ1n) is 8.74. The maximum Gasteiger partial charge on any atom is 0.247 e. The van der Waals surface area contributed by atoms with E-state index in [-0.39, 0.29) is 5.91 Å². The maximum absolute atomic E-state index is 13.0. The number of amides is 1. The van der Waals surface area contributed by atoms with E-state index in [0.717, 1.165) is 10.6 Å². The molecule has 0 saturated carbocycles. The van der Waals surface area contributed by atoms with Crippen LogP contribution in [0.2, 0.25) is 0 Å². The summed E-state index contributed by atoms with van der Waals surface area (Å²) in [6.45, 7) is 2.12. The quantitative estimate of drug-likeness (QED) is 0.397. The number of nitrogens with one attached hydrogen (secondary N) is 2. The molecule has 10 heteroatoms. The number of aromatic nitrogens is 4. The highest BCUT2D eigenvalue weighted by atomic mass is 32.1. The third-order valence-corrected chi connectivity index (χ3v) is 6.01. The van der Waals surface area contributed by atoms with Gasteiger partial charge in [0.25, 0.3) is 0 Å². The van der Waals surface area contributed by atoms with Gasteiger partial charge in [-0.1, -0.05) is 18.2 Å². The van der Waals surface area contributed by atoms with E-state index in [0.29, 0.717) is 28.6 Å². The minimum absolute atomic E-state index is 0.218. The zero-order chi connectivity index (χ0) is 20.2. The van der Waals surface area contributed by atoms with E-state index in [1.54, 1.807) is 23.1 Å².